The van der Waals surface area contributed by atoms with Crippen LogP contribution in [-0.4, -0.2) is 37.8 Å². The lowest BCUT2D eigenvalue weighted by Crippen LogP contribution is -2.46. The molecule has 0 saturated carbocycles. The monoisotopic (exact) mass is 378 g/mol. The molecule has 22 heavy (non-hydrogen) atoms. The molecule has 1 N–H and O–H groups in total. The van der Waals surface area contributed by atoms with Crippen molar-refractivity contribution in [2.75, 3.05) is 0 Å². The number of unbranched alkanes of at least 4 members (excludes halogenated alkanes) is 1. The standard InChI is InChI=1S/C16H42O2Si4/c1-10-11-12-19(2,3)13-15-21(6,7)18-22(8,9)16-14-20(4,5)17/h17H,10-16H2,1-9H3. The third-order valence-corrected chi connectivity index (χ3v) is 17.6. The summed E-state index contributed by atoms with van der Waals surface area (Å²) in [5, 5.41) is 0. The number of hydrogen-bond donors (Lipinski definition) is 1. The zero-order valence-corrected chi connectivity index (χ0v) is 20.8. The second-order valence-electron chi connectivity index (χ2n) is 9.70. The van der Waals surface area contributed by atoms with E-state index in [0.29, 0.717) is 0 Å². The minimum atomic E-state index is -1.93. The third kappa shape index (κ3) is 12.2. The zero-order valence-electron chi connectivity index (χ0n) is 16.8. The summed E-state index contributed by atoms with van der Waals surface area (Å²) in [4.78, 5) is 10.1. The van der Waals surface area contributed by atoms with Gasteiger partial charge in [-0.3, -0.25) is 0 Å². The van der Waals surface area contributed by atoms with Gasteiger partial charge in [-0.2, -0.15) is 0 Å². The van der Waals surface area contributed by atoms with Crippen LogP contribution in [0.15, 0.2) is 0 Å². The van der Waals surface area contributed by atoms with Gasteiger partial charge in [-0.25, -0.2) is 0 Å². The Hall–Kier alpha value is 0.788. The van der Waals surface area contributed by atoms with Crippen LogP contribution in [0.2, 0.25) is 82.6 Å². The first-order valence-corrected chi connectivity index (χ1v) is 21.9. The molecule has 0 atom stereocenters. The lowest BCUT2D eigenvalue weighted by atomic mass is 10.4. The van der Waals surface area contributed by atoms with E-state index in [0.717, 1.165) is 12.1 Å². The van der Waals surface area contributed by atoms with E-state index >= 15 is 0 Å². The van der Waals surface area contributed by atoms with Gasteiger partial charge in [-0.15, -0.1) is 0 Å². The maximum Gasteiger partial charge on any atom is 0.182 e. The average Bonchev–Trinajstić information content (AvgIpc) is 2.30. The van der Waals surface area contributed by atoms with Crippen molar-refractivity contribution in [2.45, 2.75) is 102 Å². The van der Waals surface area contributed by atoms with Gasteiger partial charge in [0.25, 0.3) is 0 Å². The Labute approximate surface area is 144 Å². The summed E-state index contributed by atoms with van der Waals surface area (Å²) in [6.07, 6.45) is 2.73. The van der Waals surface area contributed by atoms with E-state index in [1.165, 1.54) is 31.0 Å². The lowest BCUT2D eigenvalue weighted by molar-refractivity contribution is 0.528. The maximum atomic E-state index is 10.1. The Bertz CT molecular complexity index is 323. The molecule has 0 bridgehead atoms. The smallest absolute Gasteiger partial charge is 0.182 e. The zero-order chi connectivity index (χ0) is 17.7. The van der Waals surface area contributed by atoms with Gasteiger partial charge in [0, 0.05) is 8.07 Å². The van der Waals surface area contributed by atoms with Gasteiger partial charge in [0.1, 0.15) is 0 Å². The van der Waals surface area contributed by atoms with E-state index in [1.807, 2.05) is 13.1 Å². The number of hydrogen-bond acceptors (Lipinski definition) is 2. The fraction of sp³-hybridized carbons (Fsp3) is 1.00. The summed E-state index contributed by atoms with van der Waals surface area (Å²) in [5.41, 5.74) is 0. The largest absolute Gasteiger partial charge is 0.456 e. The summed E-state index contributed by atoms with van der Waals surface area (Å²) in [5.74, 6) is 0. The van der Waals surface area contributed by atoms with Crippen LogP contribution >= 0.6 is 0 Å². The molecular formula is C16H42O2Si4. The van der Waals surface area contributed by atoms with Gasteiger partial charge in [0.05, 0.1) is 0 Å². The first-order valence-electron chi connectivity index (χ1n) is 9.11. The van der Waals surface area contributed by atoms with Crippen molar-refractivity contribution >= 4 is 33.0 Å². The second-order valence-corrected chi connectivity index (χ2v) is 28.0. The Morgan fingerprint density at radius 2 is 1.14 bits per heavy atom. The predicted molar refractivity (Wildman–Crippen MR) is 112 cm³/mol. The molecule has 0 aliphatic heterocycles. The first-order chi connectivity index (χ1) is 9.68. The van der Waals surface area contributed by atoms with E-state index in [1.54, 1.807) is 0 Å². The molecule has 0 radical (unpaired) electrons. The van der Waals surface area contributed by atoms with E-state index in [-0.39, 0.29) is 0 Å². The van der Waals surface area contributed by atoms with Crippen molar-refractivity contribution in [1.82, 2.24) is 0 Å². The van der Waals surface area contributed by atoms with Crippen LogP contribution in [0, 0.1) is 0 Å². The van der Waals surface area contributed by atoms with Gasteiger partial charge in [0.15, 0.2) is 25.0 Å². The van der Waals surface area contributed by atoms with Crippen molar-refractivity contribution in [3.05, 3.63) is 0 Å². The van der Waals surface area contributed by atoms with Crippen molar-refractivity contribution in [2.24, 2.45) is 0 Å². The molecule has 0 unspecified atom stereocenters. The van der Waals surface area contributed by atoms with Crippen LogP contribution in [-0.2, 0) is 4.12 Å². The molecule has 0 amide bonds. The van der Waals surface area contributed by atoms with Crippen LogP contribution in [0.4, 0.5) is 0 Å². The van der Waals surface area contributed by atoms with E-state index in [4.69, 9.17) is 4.12 Å². The Morgan fingerprint density at radius 1 is 0.682 bits per heavy atom. The maximum absolute atomic E-state index is 10.1. The van der Waals surface area contributed by atoms with Crippen molar-refractivity contribution in [1.29, 1.82) is 0 Å². The summed E-state index contributed by atoms with van der Waals surface area (Å²) in [6, 6.07) is 6.34. The van der Waals surface area contributed by atoms with Crippen molar-refractivity contribution in [3.8, 4) is 0 Å². The highest BCUT2D eigenvalue weighted by Crippen LogP contribution is 2.29. The lowest BCUT2D eigenvalue weighted by Gasteiger charge is -2.36. The molecule has 134 valence electrons. The van der Waals surface area contributed by atoms with Crippen LogP contribution in [0.1, 0.15) is 19.8 Å². The molecule has 0 aromatic rings. The molecule has 0 spiro atoms. The fourth-order valence-electron chi connectivity index (χ4n) is 2.88. The van der Waals surface area contributed by atoms with Gasteiger partial charge in [-0.1, -0.05) is 44.9 Å². The fourth-order valence-corrected chi connectivity index (χ4v) is 21.2. The summed E-state index contributed by atoms with van der Waals surface area (Å²) < 4.78 is 6.73. The summed E-state index contributed by atoms with van der Waals surface area (Å²) >= 11 is 0. The molecule has 0 aliphatic carbocycles. The molecule has 6 heteroatoms. The topological polar surface area (TPSA) is 29.5 Å². The van der Waals surface area contributed by atoms with Crippen LogP contribution in [0.3, 0.4) is 0 Å². The summed E-state index contributed by atoms with van der Waals surface area (Å²) in [6.45, 7) is 21.0. The van der Waals surface area contributed by atoms with Gasteiger partial charge >= 0.3 is 0 Å². The highest BCUT2D eigenvalue weighted by molar-refractivity contribution is 6.87. The van der Waals surface area contributed by atoms with Gasteiger partial charge in [-0.05, 0) is 57.4 Å². The Kier molecular flexibility index (Phi) is 9.07. The Morgan fingerprint density at radius 3 is 1.55 bits per heavy atom. The number of rotatable bonds is 11. The van der Waals surface area contributed by atoms with E-state index < -0.39 is 33.0 Å². The molecule has 0 aromatic carbocycles. The molecule has 0 heterocycles. The van der Waals surface area contributed by atoms with Crippen molar-refractivity contribution < 1.29 is 8.91 Å². The molecule has 0 aliphatic rings. The van der Waals surface area contributed by atoms with Crippen LogP contribution in [0.25, 0.3) is 0 Å². The van der Waals surface area contributed by atoms with E-state index in [2.05, 4.69) is 46.2 Å². The molecule has 0 rings (SSSR count). The average molecular weight is 379 g/mol. The van der Waals surface area contributed by atoms with E-state index in [9.17, 15) is 4.80 Å². The minimum absolute atomic E-state index is 0.993. The highest BCUT2D eigenvalue weighted by Gasteiger charge is 2.35. The quantitative estimate of drug-likeness (QED) is 0.439. The molecule has 2 nitrogen and oxygen atoms in total. The molecular weight excluding hydrogens is 337 g/mol. The molecule has 0 saturated heterocycles. The minimum Gasteiger partial charge on any atom is -0.456 e. The SMILES string of the molecule is CCCC[Si](C)(C)CC[Si](C)(C)O[Si](C)(C)CC[Si](C)(C)O. The third-order valence-electron chi connectivity index (χ3n) is 4.50. The Balaban J connectivity index is 4.43. The van der Waals surface area contributed by atoms with Crippen LogP contribution < -0.4 is 0 Å². The summed E-state index contributed by atoms with van der Waals surface area (Å²) in [7, 11) is -6.12. The highest BCUT2D eigenvalue weighted by atomic mass is 28.4. The second kappa shape index (κ2) is 8.76. The molecule has 0 aromatic heterocycles. The van der Waals surface area contributed by atoms with Crippen LogP contribution in [0.5, 0.6) is 0 Å². The predicted octanol–water partition coefficient (Wildman–Crippen LogP) is 6.12. The van der Waals surface area contributed by atoms with Gasteiger partial charge in [0.2, 0.25) is 0 Å². The first kappa shape index (κ1) is 22.8. The molecule has 0 fully saturated rings. The van der Waals surface area contributed by atoms with Crippen molar-refractivity contribution in [3.63, 3.8) is 0 Å². The van der Waals surface area contributed by atoms with Gasteiger partial charge < -0.3 is 8.91 Å². The normalized spacial score (nSPS) is 14.5.